The summed E-state index contributed by atoms with van der Waals surface area (Å²) >= 11 is 0. The van der Waals surface area contributed by atoms with Gasteiger partial charge in [-0.05, 0) is 71.8 Å². The average Bonchev–Trinajstić information content (AvgIpc) is 4.21. The number of aromatic nitrogens is 4. The molecule has 0 radical (unpaired) electrons. The minimum absolute atomic E-state index is 0.635. The summed E-state index contributed by atoms with van der Waals surface area (Å²) in [6.07, 6.45) is 0. The van der Waals surface area contributed by atoms with Gasteiger partial charge in [0.05, 0.1) is 33.5 Å². The molecule has 1 aliphatic heterocycles. The standard InChI is InChI=1S/C70H48N4Si2/c1-5-22-51(23-6-1)75(52-24-7-2-8-25-52,53-26-9-3-10-27-53)55-44-40-49(41-45-55)61-48-62(72-70(71-61)74-64-35-17-13-30-57(64)58-31-14-18-36-65(58)74)50-42-46-56(47-43-50)76(54-28-11-4-12-29-54)67-38-20-19-37-66(67)73-63-34-16-15-32-59(63)60-33-21-39-68(76)69(60)73/h1-48H. The summed E-state index contributed by atoms with van der Waals surface area (Å²) in [5.41, 5.74) is 9.72. The highest BCUT2D eigenvalue weighted by molar-refractivity contribution is 7.21. The van der Waals surface area contributed by atoms with Gasteiger partial charge in [0.15, 0.2) is 16.1 Å². The summed E-state index contributed by atoms with van der Waals surface area (Å²) in [7, 11) is -5.68. The van der Waals surface area contributed by atoms with Crippen LogP contribution in [0, 0.1) is 0 Å². The van der Waals surface area contributed by atoms with Crippen LogP contribution in [-0.2, 0) is 0 Å². The number of hydrogen-bond donors (Lipinski definition) is 0. The van der Waals surface area contributed by atoms with Gasteiger partial charge in [0, 0.05) is 38.4 Å². The molecule has 1 unspecified atom stereocenters. The molecule has 0 amide bonds. The van der Waals surface area contributed by atoms with E-state index in [4.69, 9.17) is 9.97 Å². The van der Waals surface area contributed by atoms with Crippen LogP contribution < -0.4 is 41.5 Å². The Labute approximate surface area is 443 Å². The minimum atomic E-state index is -2.92. The van der Waals surface area contributed by atoms with E-state index in [-0.39, 0.29) is 0 Å². The SMILES string of the molecule is c1ccc([Si](c2ccccc2)(c2ccccc2)c2ccc(-c3cc(-c4ccc([Si]5(c6ccccc6)c6ccccc6-n6c7ccccc7c7cccc5c76)cc4)nc(-n4c5ccccc5c5ccccc54)n3)cc2)cc1. The smallest absolute Gasteiger partial charge is 0.235 e. The molecule has 6 heteroatoms. The van der Waals surface area contributed by atoms with Gasteiger partial charge in [-0.15, -0.1) is 0 Å². The Hall–Kier alpha value is -9.47. The van der Waals surface area contributed by atoms with E-state index >= 15 is 0 Å². The fourth-order valence-electron chi connectivity index (χ4n) is 13.0. The topological polar surface area (TPSA) is 35.6 Å². The summed E-state index contributed by atoms with van der Waals surface area (Å²) in [5.74, 6) is 0.635. The Bertz CT molecular complexity index is 4350. The summed E-state index contributed by atoms with van der Waals surface area (Å²) in [5, 5.41) is 15.7. The molecule has 356 valence electrons. The number of rotatable bonds is 9. The first kappa shape index (κ1) is 44.1. The highest BCUT2D eigenvalue weighted by atomic mass is 28.3. The van der Waals surface area contributed by atoms with Gasteiger partial charge in [-0.2, -0.15) is 0 Å². The van der Waals surface area contributed by atoms with Crippen molar-refractivity contribution in [2.75, 3.05) is 0 Å². The lowest BCUT2D eigenvalue weighted by atomic mass is 10.1. The van der Waals surface area contributed by atoms with Crippen LogP contribution in [0.2, 0.25) is 0 Å². The number of nitrogens with zero attached hydrogens (tertiary/aromatic N) is 4. The Morgan fingerprint density at radius 2 is 0.697 bits per heavy atom. The van der Waals surface area contributed by atoms with Crippen molar-refractivity contribution in [1.29, 1.82) is 0 Å². The molecule has 14 aromatic rings. The zero-order chi connectivity index (χ0) is 50.2. The lowest BCUT2D eigenvalue weighted by Crippen LogP contribution is -2.76. The van der Waals surface area contributed by atoms with Gasteiger partial charge in [-0.1, -0.05) is 261 Å². The first-order valence-corrected chi connectivity index (χ1v) is 30.2. The van der Waals surface area contributed by atoms with Crippen molar-refractivity contribution < 1.29 is 0 Å². The summed E-state index contributed by atoms with van der Waals surface area (Å²) in [6, 6.07) is 108. The zero-order valence-corrected chi connectivity index (χ0v) is 43.5. The maximum Gasteiger partial charge on any atom is 0.235 e. The molecule has 4 nitrogen and oxygen atoms in total. The van der Waals surface area contributed by atoms with Crippen LogP contribution in [0.4, 0.5) is 0 Å². The molecule has 11 aromatic carbocycles. The van der Waals surface area contributed by atoms with Crippen molar-refractivity contribution in [3.63, 3.8) is 0 Å². The Balaban J connectivity index is 0.936. The van der Waals surface area contributed by atoms with E-state index in [0.29, 0.717) is 5.95 Å². The lowest BCUT2D eigenvalue weighted by Gasteiger charge is -2.39. The van der Waals surface area contributed by atoms with Crippen molar-refractivity contribution >= 4 is 101 Å². The van der Waals surface area contributed by atoms with Crippen LogP contribution in [0.25, 0.3) is 77.8 Å². The lowest BCUT2D eigenvalue weighted by molar-refractivity contribution is 0.996. The number of hydrogen-bond acceptors (Lipinski definition) is 2. The van der Waals surface area contributed by atoms with Crippen LogP contribution in [-0.4, -0.2) is 35.2 Å². The molecular formula is C70H48N4Si2. The van der Waals surface area contributed by atoms with E-state index in [9.17, 15) is 0 Å². The van der Waals surface area contributed by atoms with Crippen molar-refractivity contribution in [1.82, 2.24) is 19.1 Å². The zero-order valence-electron chi connectivity index (χ0n) is 41.5. The van der Waals surface area contributed by atoms with E-state index < -0.39 is 16.1 Å². The molecular weight excluding hydrogens is 953 g/mol. The molecule has 3 aromatic heterocycles. The van der Waals surface area contributed by atoms with Crippen molar-refractivity contribution in [3.05, 3.63) is 291 Å². The minimum Gasteiger partial charge on any atom is -0.309 e. The molecule has 0 N–H and O–H groups in total. The third-order valence-corrected chi connectivity index (χ3v) is 25.8. The number of fused-ring (bicyclic) bond motifs is 8. The van der Waals surface area contributed by atoms with Gasteiger partial charge in [0.2, 0.25) is 5.95 Å². The van der Waals surface area contributed by atoms with Crippen LogP contribution >= 0.6 is 0 Å². The van der Waals surface area contributed by atoms with Gasteiger partial charge in [0.1, 0.15) is 0 Å². The maximum absolute atomic E-state index is 5.55. The summed E-state index contributed by atoms with van der Waals surface area (Å²) in [4.78, 5) is 11.1. The van der Waals surface area contributed by atoms with E-state index in [1.165, 1.54) is 79.8 Å². The molecule has 1 atom stereocenters. The second-order valence-corrected chi connectivity index (χ2v) is 27.5. The van der Waals surface area contributed by atoms with Gasteiger partial charge in [0.25, 0.3) is 0 Å². The van der Waals surface area contributed by atoms with Gasteiger partial charge >= 0.3 is 0 Å². The molecule has 0 spiro atoms. The Morgan fingerprint density at radius 3 is 1.25 bits per heavy atom. The second-order valence-electron chi connectivity index (χ2n) is 20.0. The summed E-state index contributed by atoms with van der Waals surface area (Å²) in [6.45, 7) is 0. The van der Waals surface area contributed by atoms with E-state index in [1.54, 1.807) is 0 Å². The van der Waals surface area contributed by atoms with Crippen LogP contribution in [0.3, 0.4) is 0 Å². The molecule has 0 bridgehead atoms. The first-order valence-electron chi connectivity index (χ1n) is 26.2. The highest BCUT2D eigenvalue weighted by Gasteiger charge is 2.48. The molecule has 0 saturated heterocycles. The van der Waals surface area contributed by atoms with Crippen molar-refractivity contribution in [2.45, 2.75) is 0 Å². The third-order valence-electron chi connectivity index (χ3n) is 16.2. The molecule has 0 fully saturated rings. The molecule has 4 heterocycles. The largest absolute Gasteiger partial charge is 0.309 e. The second kappa shape index (κ2) is 17.6. The first-order chi connectivity index (χ1) is 37.7. The van der Waals surface area contributed by atoms with Gasteiger partial charge in [-0.3, -0.25) is 4.57 Å². The molecule has 76 heavy (non-hydrogen) atoms. The van der Waals surface area contributed by atoms with Crippen LogP contribution in [0.5, 0.6) is 0 Å². The summed E-state index contributed by atoms with van der Waals surface area (Å²) < 4.78 is 4.77. The Kier molecular flexibility index (Phi) is 10.2. The Morgan fingerprint density at radius 1 is 0.303 bits per heavy atom. The fraction of sp³-hybridized carbons (Fsp3) is 0. The third kappa shape index (κ3) is 6.48. The van der Waals surface area contributed by atoms with Gasteiger partial charge in [-0.25, -0.2) is 9.97 Å². The number of para-hydroxylation sites is 5. The van der Waals surface area contributed by atoms with Crippen molar-refractivity contribution in [2.24, 2.45) is 0 Å². The van der Waals surface area contributed by atoms with Gasteiger partial charge < -0.3 is 4.57 Å². The number of benzene rings is 11. The van der Waals surface area contributed by atoms with Crippen LogP contribution in [0.15, 0.2) is 291 Å². The molecule has 0 saturated carbocycles. The predicted octanol–water partition coefficient (Wildman–Crippen LogP) is 11.1. The normalized spacial score (nSPS) is 14.1. The molecule has 0 aliphatic carbocycles. The van der Waals surface area contributed by atoms with E-state index in [1.807, 2.05) is 0 Å². The molecule has 15 rings (SSSR count). The predicted molar refractivity (Wildman–Crippen MR) is 322 cm³/mol. The quantitative estimate of drug-likeness (QED) is 0.107. The average molecular weight is 1000 g/mol. The monoisotopic (exact) mass is 1000 g/mol. The van der Waals surface area contributed by atoms with E-state index in [2.05, 4.69) is 300 Å². The highest BCUT2D eigenvalue weighted by Crippen LogP contribution is 2.36. The van der Waals surface area contributed by atoms with Crippen LogP contribution in [0.1, 0.15) is 0 Å². The van der Waals surface area contributed by atoms with Crippen molar-refractivity contribution in [3.8, 4) is 34.2 Å². The molecule has 1 aliphatic rings. The maximum atomic E-state index is 5.55. The fourth-order valence-corrected chi connectivity index (χ4v) is 22.8. The van der Waals surface area contributed by atoms with E-state index in [0.717, 1.165) is 33.5 Å².